The van der Waals surface area contributed by atoms with Gasteiger partial charge in [-0.15, -0.1) is 11.8 Å². The molecule has 16 heavy (non-hydrogen) atoms. The quantitative estimate of drug-likeness (QED) is 0.749. The van der Waals surface area contributed by atoms with Crippen molar-refractivity contribution < 1.29 is 9.90 Å². The summed E-state index contributed by atoms with van der Waals surface area (Å²) < 4.78 is 0. The molecule has 1 saturated carbocycles. The number of nitrogens with zero attached hydrogens (tertiary/aromatic N) is 1. The minimum atomic E-state index is -0.760. The Bertz CT molecular complexity index is 355. The zero-order valence-electron chi connectivity index (χ0n) is 9.86. The topological polar surface area (TPSA) is 61.1 Å². The van der Waals surface area contributed by atoms with E-state index < -0.39 is 5.97 Å². The third-order valence-corrected chi connectivity index (χ3v) is 4.23. The average molecular weight is 239 g/mol. The highest BCUT2D eigenvalue weighted by atomic mass is 32.2. The molecule has 1 fully saturated rings. The number of rotatable bonds is 5. The lowest BCUT2D eigenvalue weighted by molar-refractivity contribution is -0.139. The molecular weight excluding hydrogens is 222 g/mol. The maximum Gasteiger partial charge on any atom is 0.307 e. The molecule has 3 nitrogen and oxygen atoms in total. The second kappa shape index (κ2) is 4.92. The van der Waals surface area contributed by atoms with Crippen LogP contribution in [0.2, 0.25) is 0 Å². The minimum absolute atomic E-state index is 0.00371. The van der Waals surface area contributed by atoms with Gasteiger partial charge in [0.15, 0.2) is 0 Å². The Hall–Kier alpha value is -0.950. The fraction of sp³-hybridized carbons (Fsp3) is 0.667. The number of carbonyl (C=O) groups is 1. The molecule has 1 rings (SSSR count). The third kappa shape index (κ3) is 2.59. The Morgan fingerprint density at radius 1 is 1.62 bits per heavy atom. The molecule has 0 aromatic heterocycles. The number of hydrogen-bond acceptors (Lipinski definition) is 3. The van der Waals surface area contributed by atoms with Crippen molar-refractivity contribution in [1.29, 1.82) is 5.26 Å². The van der Waals surface area contributed by atoms with Crippen molar-refractivity contribution in [1.82, 2.24) is 0 Å². The van der Waals surface area contributed by atoms with E-state index in [4.69, 9.17) is 10.4 Å². The number of carboxylic acid groups (broad SMARTS) is 1. The molecule has 0 bridgehead atoms. The molecule has 0 spiro atoms. The van der Waals surface area contributed by atoms with Crippen LogP contribution in [0.3, 0.4) is 0 Å². The summed E-state index contributed by atoms with van der Waals surface area (Å²) in [4.78, 5) is 11.6. The molecule has 1 N–H and O–H groups in total. The van der Waals surface area contributed by atoms with Crippen LogP contribution in [-0.4, -0.2) is 16.8 Å². The molecule has 0 heterocycles. The minimum Gasteiger partial charge on any atom is -0.481 e. The first-order chi connectivity index (χ1) is 7.45. The van der Waals surface area contributed by atoms with Gasteiger partial charge < -0.3 is 5.11 Å². The third-order valence-electron chi connectivity index (χ3n) is 3.08. The summed E-state index contributed by atoms with van der Waals surface area (Å²) in [6, 6.07) is 2.14. The van der Waals surface area contributed by atoms with Crippen LogP contribution in [0.5, 0.6) is 0 Å². The number of aliphatic carboxylic acids is 1. The van der Waals surface area contributed by atoms with E-state index in [2.05, 4.69) is 13.0 Å². The van der Waals surface area contributed by atoms with E-state index in [1.54, 1.807) is 0 Å². The summed E-state index contributed by atoms with van der Waals surface area (Å²) in [5.41, 5.74) is -0.208. The fourth-order valence-corrected chi connectivity index (χ4v) is 2.68. The van der Waals surface area contributed by atoms with E-state index in [0.717, 1.165) is 12.2 Å². The van der Waals surface area contributed by atoms with Crippen molar-refractivity contribution in [3.05, 3.63) is 11.0 Å². The average Bonchev–Trinajstić information content (AvgIpc) is 2.75. The molecule has 1 aliphatic rings. The van der Waals surface area contributed by atoms with E-state index in [9.17, 15) is 4.79 Å². The second-order valence-corrected chi connectivity index (χ2v) is 5.79. The van der Waals surface area contributed by atoms with E-state index in [0.29, 0.717) is 4.91 Å². The summed E-state index contributed by atoms with van der Waals surface area (Å²) in [5.74, 6) is -0.185. The number of carboxylic acids is 1. The van der Waals surface area contributed by atoms with Gasteiger partial charge in [0.2, 0.25) is 0 Å². The van der Waals surface area contributed by atoms with Crippen LogP contribution < -0.4 is 0 Å². The number of allylic oxidation sites excluding steroid dienone is 2. The van der Waals surface area contributed by atoms with Crippen molar-refractivity contribution in [2.24, 2.45) is 17.3 Å². The summed E-state index contributed by atoms with van der Waals surface area (Å²) in [6.07, 6.45) is 2.85. The Balaban J connectivity index is 2.70. The molecule has 4 heteroatoms. The number of nitriles is 1. The lowest BCUT2D eigenvalue weighted by Crippen LogP contribution is -2.03. The van der Waals surface area contributed by atoms with Crippen molar-refractivity contribution in [3.63, 3.8) is 0 Å². The van der Waals surface area contributed by atoms with E-state index in [-0.39, 0.29) is 17.3 Å². The first-order valence-corrected chi connectivity index (χ1v) is 6.41. The van der Waals surface area contributed by atoms with Crippen LogP contribution >= 0.6 is 11.8 Å². The fourth-order valence-electron chi connectivity index (χ4n) is 1.95. The molecule has 88 valence electrons. The molecule has 0 aromatic rings. The highest BCUT2D eigenvalue weighted by Gasteiger charge is 2.61. The lowest BCUT2D eigenvalue weighted by Gasteiger charge is -1.98. The van der Waals surface area contributed by atoms with Crippen LogP contribution in [0.15, 0.2) is 11.0 Å². The SMILES string of the molecule is CCCSC(C#N)=C[C@H]1[C@H](C(=O)O)C1(C)C. The van der Waals surface area contributed by atoms with Gasteiger partial charge in [-0.05, 0) is 23.5 Å². The Labute approximate surface area is 101 Å². The standard InChI is InChI=1S/C12H17NO2S/c1-4-5-16-8(7-13)6-9-10(11(14)15)12(9,2)3/h6,9-10H,4-5H2,1-3H3,(H,14,15)/t9-,10+/m0/s1. The molecule has 2 atom stereocenters. The molecule has 0 unspecified atom stereocenters. The van der Waals surface area contributed by atoms with Gasteiger partial charge in [0.05, 0.1) is 10.8 Å². The van der Waals surface area contributed by atoms with Crippen LogP contribution in [0.4, 0.5) is 0 Å². The van der Waals surface area contributed by atoms with Gasteiger partial charge in [0.25, 0.3) is 0 Å². The first-order valence-electron chi connectivity index (χ1n) is 5.42. The van der Waals surface area contributed by atoms with Gasteiger partial charge in [-0.3, -0.25) is 4.79 Å². The van der Waals surface area contributed by atoms with E-state index in [1.165, 1.54) is 11.8 Å². The van der Waals surface area contributed by atoms with E-state index in [1.807, 2.05) is 19.9 Å². The predicted molar refractivity (Wildman–Crippen MR) is 64.8 cm³/mol. The van der Waals surface area contributed by atoms with Gasteiger partial charge >= 0.3 is 5.97 Å². The highest BCUT2D eigenvalue weighted by molar-refractivity contribution is 8.03. The van der Waals surface area contributed by atoms with Crippen LogP contribution in [0, 0.1) is 28.6 Å². The lowest BCUT2D eigenvalue weighted by atomic mass is 10.1. The summed E-state index contributed by atoms with van der Waals surface area (Å²) in [5, 5.41) is 17.9. The maximum absolute atomic E-state index is 11.0. The summed E-state index contributed by atoms with van der Waals surface area (Å²) in [7, 11) is 0. The second-order valence-electron chi connectivity index (χ2n) is 4.65. The Morgan fingerprint density at radius 2 is 2.25 bits per heavy atom. The first kappa shape index (κ1) is 13.1. The summed E-state index contributed by atoms with van der Waals surface area (Å²) >= 11 is 1.51. The van der Waals surface area contributed by atoms with E-state index >= 15 is 0 Å². The Morgan fingerprint density at radius 3 is 2.62 bits per heavy atom. The number of hydrogen-bond donors (Lipinski definition) is 1. The Kier molecular flexibility index (Phi) is 4.03. The normalized spacial score (nSPS) is 27.2. The molecular formula is C12H17NO2S. The molecule has 0 aliphatic heterocycles. The zero-order chi connectivity index (χ0) is 12.3. The number of thioether (sulfide) groups is 1. The van der Waals surface area contributed by atoms with Gasteiger partial charge in [0, 0.05) is 0 Å². The molecule has 1 aliphatic carbocycles. The smallest absolute Gasteiger partial charge is 0.307 e. The van der Waals surface area contributed by atoms with Crippen LogP contribution in [-0.2, 0) is 4.79 Å². The van der Waals surface area contributed by atoms with Crippen molar-refractivity contribution in [3.8, 4) is 6.07 Å². The van der Waals surface area contributed by atoms with Gasteiger partial charge in [0.1, 0.15) is 6.07 Å². The molecule has 0 aromatic carbocycles. The zero-order valence-corrected chi connectivity index (χ0v) is 10.7. The van der Waals surface area contributed by atoms with Crippen molar-refractivity contribution >= 4 is 17.7 Å². The molecule has 0 amide bonds. The van der Waals surface area contributed by atoms with Gasteiger partial charge in [-0.2, -0.15) is 5.26 Å². The molecule has 0 radical (unpaired) electrons. The van der Waals surface area contributed by atoms with Crippen molar-refractivity contribution in [2.75, 3.05) is 5.75 Å². The predicted octanol–water partition coefficient (Wildman–Crippen LogP) is 2.89. The summed E-state index contributed by atoms with van der Waals surface area (Å²) in [6.45, 7) is 5.93. The van der Waals surface area contributed by atoms with Gasteiger partial charge in [-0.25, -0.2) is 0 Å². The largest absolute Gasteiger partial charge is 0.481 e. The maximum atomic E-state index is 11.0. The highest BCUT2D eigenvalue weighted by Crippen LogP contribution is 2.59. The van der Waals surface area contributed by atoms with Crippen LogP contribution in [0.1, 0.15) is 27.2 Å². The monoisotopic (exact) mass is 239 g/mol. The molecule has 0 saturated heterocycles. The van der Waals surface area contributed by atoms with Gasteiger partial charge in [-0.1, -0.05) is 26.8 Å². The van der Waals surface area contributed by atoms with Crippen LogP contribution in [0.25, 0.3) is 0 Å². The van der Waals surface area contributed by atoms with Crippen molar-refractivity contribution in [2.45, 2.75) is 27.2 Å².